The molecule has 2 heterocycles. The maximum atomic E-state index is 12.9. The zero-order valence-electron chi connectivity index (χ0n) is 17.0. The van der Waals surface area contributed by atoms with Gasteiger partial charge in [-0.15, -0.1) is 0 Å². The van der Waals surface area contributed by atoms with E-state index in [0.717, 1.165) is 11.9 Å². The van der Waals surface area contributed by atoms with Crippen LogP contribution in [0.25, 0.3) is 22.2 Å². The summed E-state index contributed by atoms with van der Waals surface area (Å²) in [5, 5.41) is 0. The maximum Gasteiger partial charge on any atom is 0.344 e. The fraction of sp³-hybridized carbons (Fsp3) is 0.261. The number of aryl methyl sites for hydroxylation is 2. The molecule has 4 rings (SSSR count). The van der Waals surface area contributed by atoms with Crippen molar-refractivity contribution in [3.05, 3.63) is 65.7 Å². The molecule has 0 saturated carbocycles. The van der Waals surface area contributed by atoms with E-state index in [4.69, 9.17) is 25.2 Å². The van der Waals surface area contributed by atoms with E-state index < -0.39 is 12.1 Å². The number of methoxy groups -OCH3 is 1. The van der Waals surface area contributed by atoms with Crippen molar-refractivity contribution in [3.8, 4) is 0 Å². The highest BCUT2D eigenvalue weighted by atomic mass is 16.6. The first-order chi connectivity index (χ1) is 14.6. The summed E-state index contributed by atoms with van der Waals surface area (Å²) in [6.45, 7) is 2.64. The molecule has 1 atom stereocenters. The molecule has 0 spiro atoms. The average molecular weight is 404 g/mol. The van der Waals surface area contributed by atoms with Crippen LogP contribution in [0.3, 0.4) is 0 Å². The Morgan fingerprint density at radius 1 is 1.07 bits per heavy atom. The van der Waals surface area contributed by atoms with Gasteiger partial charge in [-0.1, -0.05) is 42.5 Å². The molecule has 0 fully saturated rings. The van der Waals surface area contributed by atoms with Crippen molar-refractivity contribution in [2.75, 3.05) is 19.5 Å². The molecule has 2 aromatic heterocycles. The van der Waals surface area contributed by atoms with Crippen LogP contribution in [0.2, 0.25) is 0 Å². The SMILES string of the molecule is COC[C@H](C)OC(=O)c1c(N)n(CCc2ccccc2)c2nc3ccccc3nc12. The molecule has 0 saturated heterocycles. The highest BCUT2D eigenvalue weighted by molar-refractivity contribution is 6.08. The summed E-state index contributed by atoms with van der Waals surface area (Å²) in [6, 6.07) is 17.7. The number of rotatable bonds is 7. The number of hydrogen-bond donors (Lipinski definition) is 1. The number of ether oxygens (including phenoxy) is 2. The fourth-order valence-corrected chi connectivity index (χ4v) is 3.54. The number of nitrogens with zero attached hydrogens (tertiary/aromatic N) is 3. The van der Waals surface area contributed by atoms with E-state index in [9.17, 15) is 4.79 Å². The van der Waals surface area contributed by atoms with Gasteiger partial charge in [0, 0.05) is 13.7 Å². The van der Waals surface area contributed by atoms with E-state index in [1.165, 1.54) is 5.56 Å². The van der Waals surface area contributed by atoms with E-state index in [1.807, 2.05) is 47.0 Å². The second kappa shape index (κ2) is 8.51. The number of benzene rings is 2. The van der Waals surface area contributed by atoms with E-state index in [2.05, 4.69) is 12.1 Å². The fourth-order valence-electron chi connectivity index (χ4n) is 3.54. The summed E-state index contributed by atoms with van der Waals surface area (Å²) < 4.78 is 12.4. The molecule has 7 nitrogen and oxygen atoms in total. The number of nitrogens with two attached hydrogens (primary N) is 1. The minimum atomic E-state index is -0.523. The second-order valence-electron chi connectivity index (χ2n) is 7.20. The molecule has 4 aromatic rings. The van der Waals surface area contributed by atoms with Crippen molar-refractivity contribution in [3.63, 3.8) is 0 Å². The third kappa shape index (κ3) is 3.84. The molecule has 30 heavy (non-hydrogen) atoms. The predicted molar refractivity (Wildman–Crippen MR) is 116 cm³/mol. The standard InChI is InChI=1S/C23H24N4O3/c1-15(14-29-2)30-23(28)19-20-22(26-18-11-7-6-10-17(18)25-20)27(21(19)24)13-12-16-8-4-3-5-9-16/h3-11,15H,12-14,24H2,1-2H3/t15-/m0/s1. The van der Waals surface area contributed by atoms with Gasteiger partial charge in [0.25, 0.3) is 0 Å². The van der Waals surface area contributed by atoms with E-state index in [1.54, 1.807) is 14.0 Å². The van der Waals surface area contributed by atoms with Crippen molar-refractivity contribution in [1.29, 1.82) is 0 Å². The van der Waals surface area contributed by atoms with Crippen molar-refractivity contribution in [2.45, 2.75) is 26.0 Å². The van der Waals surface area contributed by atoms with Crippen LogP contribution in [-0.4, -0.2) is 40.3 Å². The first-order valence-electron chi connectivity index (χ1n) is 9.86. The molecule has 2 aromatic carbocycles. The Morgan fingerprint density at radius 3 is 2.43 bits per heavy atom. The average Bonchev–Trinajstić information content (AvgIpc) is 3.01. The molecule has 2 N–H and O–H groups in total. The van der Waals surface area contributed by atoms with E-state index in [-0.39, 0.29) is 5.56 Å². The third-order valence-electron chi connectivity index (χ3n) is 4.97. The summed E-state index contributed by atoms with van der Waals surface area (Å²) in [6.07, 6.45) is 0.343. The highest BCUT2D eigenvalue weighted by Gasteiger charge is 2.26. The van der Waals surface area contributed by atoms with Crippen LogP contribution in [0, 0.1) is 0 Å². The van der Waals surface area contributed by atoms with Crippen molar-refractivity contribution >= 4 is 34.0 Å². The summed E-state index contributed by atoms with van der Waals surface area (Å²) >= 11 is 0. The van der Waals surface area contributed by atoms with E-state index in [0.29, 0.717) is 35.7 Å². The Kier molecular flexibility index (Phi) is 5.63. The van der Waals surface area contributed by atoms with Crippen LogP contribution in [0.15, 0.2) is 54.6 Å². The van der Waals surface area contributed by atoms with Gasteiger partial charge in [-0.3, -0.25) is 0 Å². The molecule has 0 aliphatic heterocycles. The first-order valence-corrected chi connectivity index (χ1v) is 9.86. The molecule has 0 amide bonds. The molecule has 0 aliphatic rings. The van der Waals surface area contributed by atoms with Crippen LogP contribution in [0.4, 0.5) is 5.82 Å². The van der Waals surface area contributed by atoms with Crippen molar-refractivity contribution < 1.29 is 14.3 Å². The molecule has 0 radical (unpaired) electrons. The normalized spacial score (nSPS) is 12.3. The van der Waals surface area contributed by atoms with Gasteiger partial charge in [-0.05, 0) is 31.0 Å². The molecule has 0 unspecified atom stereocenters. The van der Waals surface area contributed by atoms with E-state index >= 15 is 0 Å². The highest BCUT2D eigenvalue weighted by Crippen LogP contribution is 2.29. The Balaban J connectivity index is 1.80. The summed E-state index contributed by atoms with van der Waals surface area (Å²) in [4.78, 5) is 22.4. The molecule has 0 aliphatic carbocycles. The number of carbonyl (C=O) groups is 1. The number of nitrogen functional groups attached to an aromatic ring is 1. The van der Waals surface area contributed by atoms with Gasteiger partial charge in [0.2, 0.25) is 0 Å². The largest absolute Gasteiger partial charge is 0.456 e. The Labute approximate surface area is 174 Å². The topological polar surface area (TPSA) is 92.3 Å². The van der Waals surface area contributed by atoms with Crippen LogP contribution in [0.5, 0.6) is 0 Å². The van der Waals surface area contributed by atoms with Crippen LogP contribution in [-0.2, 0) is 22.4 Å². The molecule has 0 bridgehead atoms. The van der Waals surface area contributed by atoms with Gasteiger partial charge in [-0.25, -0.2) is 14.8 Å². The smallest absolute Gasteiger partial charge is 0.344 e. The Morgan fingerprint density at radius 2 is 1.73 bits per heavy atom. The monoisotopic (exact) mass is 404 g/mol. The third-order valence-corrected chi connectivity index (χ3v) is 4.97. The zero-order chi connectivity index (χ0) is 21.1. The lowest BCUT2D eigenvalue weighted by Gasteiger charge is -2.12. The second-order valence-corrected chi connectivity index (χ2v) is 7.20. The van der Waals surface area contributed by atoms with Gasteiger partial charge in [-0.2, -0.15) is 0 Å². The Bertz CT molecular complexity index is 1190. The lowest BCUT2D eigenvalue weighted by atomic mass is 10.1. The molecule has 7 heteroatoms. The van der Waals surface area contributed by atoms with Crippen LogP contribution in [0.1, 0.15) is 22.8 Å². The molecular weight excluding hydrogens is 380 g/mol. The number of esters is 1. The van der Waals surface area contributed by atoms with Gasteiger partial charge < -0.3 is 19.8 Å². The number of fused-ring (bicyclic) bond motifs is 2. The van der Waals surface area contributed by atoms with Gasteiger partial charge in [0.05, 0.1) is 17.6 Å². The van der Waals surface area contributed by atoms with Gasteiger partial charge in [0.1, 0.15) is 23.0 Å². The molecular formula is C23H24N4O3. The zero-order valence-corrected chi connectivity index (χ0v) is 17.0. The number of aromatic nitrogens is 3. The number of para-hydroxylation sites is 2. The van der Waals surface area contributed by atoms with Gasteiger partial charge >= 0.3 is 5.97 Å². The minimum Gasteiger partial charge on any atom is -0.456 e. The lowest BCUT2D eigenvalue weighted by molar-refractivity contribution is 0.0123. The molecule has 154 valence electrons. The predicted octanol–water partition coefficient (Wildman–Crippen LogP) is 3.60. The number of hydrogen-bond acceptors (Lipinski definition) is 6. The quantitative estimate of drug-likeness (QED) is 0.473. The van der Waals surface area contributed by atoms with Crippen LogP contribution >= 0.6 is 0 Å². The van der Waals surface area contributed by atoms with Crippen LogP contribution < -0.4 is 5.73 Å². The summed E-state index contributed by atoms with van der Waals surface area (Å²) in [5.41, 5.74) is 10.3. The number of carbonyl (C=O) groups excluding carboxylic acids is 1. The first kappa shape index (κ1) is 19.8. The summed E-state index contributed by atoms with van der Waals surface area (Å²) in [5.74, 6) is -0.212. The van der Waals surface area contributed by atoms with Crippen molar-refractivity contribution in [2.24, 2.45) is 0 Å². The lowest BCUT2D eigenvalue weighted by Crippen LogP contribution is -2.20. The van der Waals surface area contributed by atoms with Gasteiger partial charge in [0.15, 0.2) is 5.65 Å². The van der Waals surface area contributed by atoms with Crippen molar-refractivity contribution in [1.82, 2.24) is 14.5 Å². The Hall–Kier alpha value is -3.45. The summed E-state index contributed by atoms with van der Waals surface area (Å²) in [7, 11) is 1.56. The minimum absolute atomic E-state index is 0.249. The number of anilines is 1. The maximum absolute atomic E-state index is 12.9.